The number of nitrogens with two attached hydrogens (primary N) is 1. The van der Waals surface area contributed by atoms with Gasteiger partial charge < -0.3 is 20.7 Å². The Labute approximate surface area is 204 Å². The van der Waals surface area contributed by atoms with E-state index in [-0.39, 0.29) is 5.91 Å². The fourth-order valence-corrected chi connectivity index (χ4v) is 4.69. The lowest BCUT2D eigenvalue weighted by molar-refractivity contribution is -0.127. The van der Waals surface area contributed by atoms with E-state index in [9.17, 15) is 4.79 Å². The van der Waals surface area contributed by atoms with E-state index in [2.05, 4.69) is 15.2 Å². The van der Waals surface area contributed by atoms with Crippen LogP contribution < -0.4 is 20.7 Å². The second-order valence-corrected chi connectivity index (χ2v) is 9.39. The van der Waals surface area contributed by atoms with Crippen molar-refractivity contribution in [3.05, 3.63) is 70.4 Å². The molecule has 0 aliphatic carbocycles. The fraction of sp³-hybridized carbons (Fsp3) is 0.346. The van der Waals surface area contributed by atoms with Gasteiger partial charge in [-0.15, -0.1) is 0 Å². The van der Waals surface area contributed by atoms with Crippen LogP contribution in [0.1, 0.15) is 23.1 Å². The highest BCUT2D eigenvalue weighted by atomic mass is 35.5. The Kier molecular flexibility index (Phi) is 6.39. The molecule has 0 spiro atoms. The van der Waals surface area contributed by atoms with Gasteiger partial charge in [0.05, 0.1) is 0 Å². The third kappa shape index (κ3) is 4.58. The minimum Gasteiger partial charge on any atom is -0.480 e. The van der Waals surface area contributed by atoms with Crippen molar-refractivity contribution >= 4 is 23.3 Å². The van der Waals surface area contributed by atoms with E-state index in [1.165, 1.54) is 0 Å². The first kappa shape index (κ1) is 22.6. The summed E-state index contributed by atoms with van der Waals surface area (Å²) >= 11 is 6.34. The Morgan fingerprint density at radius 1 is 1.29 bits per heavy atom. The molecule has 2 unspecified atom stereocenters. The quantitative estimate of drug-likeness (QED) is 0.564. The van der Waals surface area contributed by atoms with Crippen LogP contribution in [0.4, 0.5) is 5.82 Å². The number of rotatable bonds is 6. The smallest absolute Gasteiger partial charge is 0.261 e. The second-order valence-electron chi connectivity index (χ2n) is 8.98. The number of aromatic nitrogens is 2. The van der Waals surface area contributed by atoms with Gasteiger partial charge in [0.2, 0.25) is 0 Å². The molecule has 0 radical (unpaired) electrons. The van der Waals surface area contributed by atoms with E-state index in [1.807, 2.05) is 49.4 Å². The number of halogens is 1. The van der Waals surface area contributed by atoms with Gasteiger partial charge in [-0.05, 0) is 49.1 Å². The molecule has 2 atom stereocenters. The van der Waals surface area contributed by atoms with E-state index in [0.717, 1.165) is 53.3 Å². The molecular formula is C26H28ClN5O2. The number of benzene rings is 2. The Bertz CT molecular complexity index is 1190. The summed E-state index contributed by atoms with van der Waals surface area (Å²) in [6.07, 6.45) is 2.87. The molecule has 3 heterocycles. The van der Waals surface area contributed by atoms with E-state index in [4.69, 9.17) is 27.1 Å². The van der Waals surface area contributed by atoms with Gasteiger partial charge in [0.1, 0.15) is 11.6 Å². The summed E-state index contributed by atoms with van der Waals surface area (Å²) in [6.45, 7) is 4.64. The highest BCUT2D eigenvalue weighted by Crippen LogP contribution is 2.30. The molecule has 2 aliphatic heterocycles. The lowest BCUT2D eigenvalue weighted by Crippen LogP contribution is -2.37. The van der Waals surface area contributed by atoms with Crippen molar-refractivity contribution in [2.45, 2.75) is 32.4 Å². The summed E-state index contributed by atoms with van der Waals surface area (Å²) in [5.41, 5.74) is 9.71. The van der Waals surface area contributed by atoms with E-state index < -0.39 is 6.10 Å². The zero-order valence-corrected chi connectivity index (χ0v) is 19.9. The number of anilines is 1. The molecule has 176 valence electrons. The SMILES string of the molecule is Cc1ccc(-c2ncc(CNC(=O)C3Cc4ccccc4O3)c(N3CCC(CN)C3)n2)cc1Cl. The number of fused-ring (bicyclic) bond motifs is 1. The molecule has 1 saturated heterocycles. The van der Waals surface area contributed by atoms with Gasteiger partial charge >= 0.3 is 0 Å². The van der Waals surface area contributed by atoms with Crippen LogP contribution in [-0.2, 0) is 17.8 Å². The van der Waals surface area contributed by atoms with Crippen LogP contribution >= 0.6 is 11.6 Å². The van der Waals surface area contributed by atoms with Crippen molar-refractivity contribution in [2.24, 2.45) is 11.7 Å². The first-order valence-electron chi connectivity index (χ1n) is 11.6. The van der Waals surface area contributed by atoms with Gasteiger partial charge in [0.25, 0.3) is 5.91 Å². The zero-order valence-electron chi connectivity index (χ0n) is 19.1. The van der Waals surface area contributed by atoms with E-state index in [1.54, 1.807) is 6.20 Å². The van der Waals surface area contributed by atoms with Crippen molar-refractivity contribution in [2.75, 3.05) is 24.5 Å². The Morgan fingerprint density at radius 2 is 2.15 bits per heavy atom. The van der Waals surface area contributed by atoms with Gasteiger partial charge in [0, 0.05) is 48.4 Å². The monoisotopic (exact) mass is 477 g/mol. The number of ether oxygens (including phenoxy) is 1. The van der Waals surface area contributed by atoms with Crippen molar-refractivity contribution in [1.29, 1.82) is 0 Å². The zero-order chi connectivity index (χ0) is 23.7. The molecule has 2 aliphatic rings. The Morgan fingerprint density at radius 3 is 2.91 bits per heavy atom. The lowest BCUT2D eigenvalue weighted by atomic mass is 10.1. The summed E-state index contributed by atoms with van der Waals surface area (Å²) in [4.78, 5) is 24.6. The first-order chi connectivity index (χ1) is 16.5. The predicted octanol–water partition coefficient (Wildman–Crippen LogP) is 3.51. The minimum absolute atomic E-state index is 0.141. The van der Waals surface area contributed by atoms with Crippen LogP contribution in [0.25, 0.3) is 11.4 Å². The summed E-state index contributed by atoms with van der Waals surface area (Å²) in [5.74, 6) is 2.50. The molecule has 1 fully saturated rings. The summed E-state index contributed by atoms with van der Waals surface area (Å²) in [6, 6.07) is 13.6. The van der Waals surface area contributed by atoms with E-state index in [0.29, 0.717) is 36.3 Å². The van der Waals surface area contributed by atoms with E-state index >= 15 is 0 Å². The summed E-state index contributed by atoms with van der Waals surface area (Å²) in [7, 11) is 0. The molecule has 7 nitrogen and oxygen atoms in total. The topological polar surface area (TPSA) is 93.4 Å². The normalized spacial score (nSPS) is 19.1. The molecule has 34 heavy (non-hydrogen) atoms. The van der Waals surface area contributed by atoms with Crippen LogP contribution in [-0.4, -0.2) is 41.6 Å². The molecule has 3 aromatic rings. The number of nitrogens with one attached hydrogen (secondary N) is 1. The molecule has 2 aromatic carbocycles. The number of hydrogen-bond donors (Lipinski definition) is 2. The molecule has 0 bridgehead atoms. The number of aryl methyl sites for hydroxylation is 1. The second kappa shape index (κ2) is 9.60. The van der Waals surface area contributed by atoms with Crippen LogP contribution in [0.2, 0.25) is 5.02 Å². The van der Waals surface area contributed by atoms with Gasteiger partial charge in [-0.2, -0.15) is 0 Å². The molecule has 8 heteroatoms. The average molecular weight is 478 g/mol. The number of hydrogen-bond acceptors (Lipinski definition) is 6. The van der Waals surface area contributed by atoms with Crippen molar-refractivity contribution in [1.82, 2.24) is 15.3 Å². The van der Waals surface area contributed by atoms with Gasteiger partial charge in [-0.3, -0.25) is 4.79 Å². The molecule has 1 aromatic heterocycles. The van der Waals surface area contributed by atoms with Crippen LogP contribution in [0.3, 0.4) is 0 Å². The minimum atomic E-state index is -0.524. The lowest BCUT2D eigenvalue weighted by Gasteiger charge is -2.22. The number of amides is 1. The van der Waals surface area contributed by atoms with Crippen molar-refractivity contribution in [3.63, 3.8) is 0 Å². The molecule has 3 N–H and O–H groups in total. The number of nitrogens with zero attached hydrogens (tertiary/aromatic N) is 3. The highest BCUT2D eigenvalue weighted by molar-refractivity contribution is 6.31. The number of para-hydroxylation sites is 1. The van der Waals surface area contributed by atoms with Gasteiger partial charge in [-0.1, -0.05) is 41.9 Å². The third-order valence-electron chi connectivity index (χ3n) is 6.58. The maximum atomic E-state index is 12.9. The molecule has 1 amide bonds. The number of carbonyl (C=O) groups excluding carboxylic acids is 1. The maximum Gasteiger partial charge on any atom is 0.261 e. The van der Waals surface area contributed by atoms with Crippen molar-refractivity contribution in [3.8, 4) is 17.1 Å². The Balaban J connectivity index is 1.36. The summed E-state index contributed by atoms with van der Waals surface area (Å²) in [5, 5.41) is 3.71. The summed E-state index contributed by atoms with van der Waals surface area (Å²) < 4.78 is 5.83. The molecular weight excluding hydrogens is 450 g/mol. The first-order valence-corrected chi connectivity index (χ1v) is 12.0. The predicted molar refractivity (Wildman–Crippen MR) is 133 cm³/mol. The average Bonchev–Trinajstić information content (AvgIpc) is 3.51. The Hall–Kier alpha value is -3.16. The molecule has 0 saturated carbocycles. The fourth-order valence-electron chi connectivity index (χ4n) is 4.51. The van der Waals surface area contributed by atoms with Crippen LogP contribution in [0, 0.1) is 12.8 Å². The number of carbonyl (C=O) groups is 1. The van der Waals surface area contributed by atoms with Crippen LogP contribution in [0.15, 0.2) is 48.7 Å². The highest BCUT2D eigenvalue weighted by Gasteiger charge is 2.29. The largest absolute Gasteiger partial charge is 0.480 e. The van der Waals surface area contributed by atoms with Gasteiger partial charge in [0.15, 0.2) is 11.9 Å². The van der Waals surface area contributed by atoms with Crippen molar-refractivity contribution < 1.29 is 9.53 Å². The standard InChI is InChI=1S/C26H28ClN5O2/c1-16-6-7-19(10-21(16)27)24-29-13-20(25(31-24)32-9-8-17(12-28)15-32)14-30-26(33)23-11-18-4-2-3-5-22(18)34-23/h2-7,10,13,17,23H,8-9,11-12,14-15,28H2,1H3,(H,30,33). The van der Waals surface area contributed by atoms with Crippen LogP contribution in [0.5, 0.6) is 5.75 Å². The maximum absolute atomic E-state index is 12.9. The molecule has 5 rings (SSSR count). The third-order valence-corrected chi connectivity index (χ3v) is 6.99. The van der Waals surface area contributed by atoms with Gasteiger partial charge in [-0.25, -0.2) is 9.97 Å².